The number of aliphatic carboxylic acids is 1. The van der Waals surface area contributed by atoms with Crippen LogP contribution in [0.2, 0.25) is 0 Å². The molecule has 1 unspecified atom stereocenters. The van der Waals surface area contributed by atoms with E-state index in [1.165, 1.54) is 0 Å². The smallest absolute Gasteiger partial charge is 0.311 e. The molecule has 6 nitrogen and oxygen atoms in total. The molecule has 0 aromatic rings. The molecular formula is C13H24N2O4. The fourth-order valence-corrected chi connectivity index (χ4v) is 1.78. The minimum atomic E-state index is -1.05. The molecule has 6 heteroatoms. The first-order valence-corrected chi connectivity index (χ1v) is 6.53. The van der Waals surface area contributed by atoms with Crippen LogP contribution in [0.25, 0.3) is 0 Å². The molecule has 110 valence electrons. The summed E-state index contributed by atoms with van der Waals surface area (Å²) >= 11 is 0. The molecular weight excluding hydrogens is 248 g/mol. The number of carboxylic acid groups (broad SMARTS) is 1. The molecule has 0 saturated carbocycles. The van der Waals surface area contributed by atoms with Crippen molar-refractivity contribution in [2.24, 2.45) is 5.41 Å². The molecule has 0 radical (unpaired) electrons. The maximum Gasteiger partial charge on any atom is 0.311 e. The molecule has 0 spiro atoms. The molecule has 0 aromatic heterocycles. The Bertz CT molecular complexity index is 347. The van der Waals surface area contributed by atoms with Crippen LogP contribution in [0.15, 0.2) is 0 Å². The molecule has 1 amide bonds. The van der Waals surface area contributed by atoms with E-state index in [1.54, 1.807) is 27.7 Å². The van der Waals surface area contributed by atoms with E-state index in [2.05, 4.69) is 10.6 Å². The van der Waals surface area contributed by atoms with Crippen molar-refractivity contribution in [3.05, 3.63) is 0 Å². The summed E-state index contributed by atoms with van der Waals surface area (Å²) in [5.74, 6) is -1.12. The van der Waals surface area contributed by atoms with Gasteiger partial charge >= 0.3 is 5.97 Å². The van der Waals surface area contributed by atoms with E-state index < -0.39 is 16.9 Å². The summed E-state index contributed by atoms with van der Waals surface area (Å²) in [5.41, 5.74) is -1.88. The Balaban J connectivity index is 2.57. The summed E-state index contributed by atoms with van der Waals surface area (Å²) in [6.45, 7) is 8.70. The van der Waals surface area contributed by atoms with Gasteiger partial charge in [0.1, 0.15) is 0 Å². The maximum absolute atomic E-state index is 12.0. The van der Waals surface area contributed by atoms with Gasteiger partial charge in [-0.15, -0.1) is 0 Å². The molecule has 1 aliphatic heterocycles. The minimum absolute atomic E-state index is 0.141. The Labute approximate surface area is 113 Å². The number of carboxylic acids is 1. The molecule has 3 N–H and O–H groups in total. The predicted molar refractivity (Wildman–Crippen MR) is 70.9 cm³/mol. The first kappa shape index (κ1) is 15.9. The number of rotatable bonds is 5. The number of ether oxygens (including phenoxy) is 1. The highest BCUT2D eigenvalue weighted by molar-refractivity contribution is 5.80. The van der Waals surface area contributed by atoms with E-state index >= 15 is 0 Å². The summed E-state index contributed by atoms with van der Waals surface area (Å²) in [7, 11) is 0. The monoisotopic (exact) mass is 272 g/mol. The number of morpholine rings is 1. The van der Waals surface area contributed by atoms with Crippen LogP contribution < -0.4 is 10.6 Å². The van der Waals surface area contributed by atoms with Gasteiger partial charge in [-0.25, -0.2) is 0 Å². The van der Waals surface area contributed by atoms with E-state index in [1.807, 2.05) is 0 Å². The lowest BCUT2D eigenvalue weighted by Gasteiger charge is -2.39. The summed E-state index contributed by atoms with van der Waals surface area (Å²) in [6, 6.07) is 0. The lowest BCUT2D eigenvalue weighted by Crippen LogP contribution is -2.57. The van der Waals surface area contributed by atoms with E-state index in [0.717, 1.165) is 6.54 Å². The average molecular weight is 272 g/mol. The van der Waals surface area contributed by atoms with Crippen molar-refractivity contribution in [1.29, 1.82) is 0 Å². The van der Waals surface area contributed by atoms with Gasteiger partial charge in [0.25, 0.3) is 0 Å². The Hall–Kier alpha value is -1.14. The Morgan fingerprint density at radius 3 is 2.47 bits per heavy atom. The normalized spacial score (nSPS) is 20.9. The van der Waals surface area contributed by atoms with Crippen LogP contribution >= 0.6 is 0 Å². The van der Waals surface area contributed by atoms with Crippen molar-refractivity contribution in [1.82, 2.24) is 10.6 Å². The second-order valence-corrected chi connectivity index (χ2v) is 6.00. The fourth-order valence-electron chi connectivity index (χ4n) is 1.78. The first-order valence-electron chi connectivity index (χ1n) is 6.53. The number of hydrogen-bond donors (Lipinski definition) is 3. The third-order valence-electron chi connectivity index (χ3n) is 3.97. The highest BCUT2D eigenvalue weighted by Crippen LogP contribution is 2.30. The van der Waals surface area contributed by atoms with Crippen molar-refractivity contribution in [3.63, 3.8) is 0 Å². The summed E-state index contributed by atoms with van der Waals surface area (Å²) in [4.78, 5) is 23.2. The van der Waals surface area contributed by atoms with Crippen LogP contribution in [0.1, 0.15) is 34.1 Å². The summed E-state index contributed by atoms with van der Waals surface area (Å²) < 4.78 is 5.46. The van der Waals surface area contributed by atoms with Crippen LogP contribution in [0.4, 0.5) is 0 Å². The molecule has 1 saturated heterocycles. The maximum atomic E-state index is 12.0. The highest BCUT2D eigenvalue weighted by atomic mass is 16.5. The minimum Gasteiger partial charge on any atom is -0.481 e. The molecule has 1 rings (SSSR count). The average Bonchev–Trinajstić information content (AvgIpc) is 2.28. The highest BCUT2D eigenvalue weighted by Gasteiger charge is 2.44. The summed E-state index contributed by atoms with van der Waals surface area (Å²) in [6.07, 6.45) is 0.101. The quantitative estimate of drug-likeness (QED) is 0.673. The number of hydrogen-bond acceptors (Lipinski definition) is 4. The van der Waals surface area contributed by atoms with Crippen molar-refractivity contribution in [3.8, 4) is 0 Å². The molecule has 1 aliphatic rings. The van der Waals surface area contributed by atoms with Gasteiger partial charge in [-0.2, -0.15) is 0 Å². The number of carbonyl (C=O) groups excluding carboxylic acids is 1. The molecule has 19 heavy (non-hydrogen) atoms. The van der Waals surface area contributed by atoms with Crippen molar-refractivity contribution in [2.75, 3.05) is 19.7 Å². The molecule has 0 bridgehead atoms. The van der Waals surface area contributed by atoms with Gasteiger partial charge in [0.2, 0.25) is 5.91 Å². The molecule has 0 aliphatic carbocycles. The van der Waals surface area contributed by atoms with E-state index in [4.69, 9.17) is 4.74 Å². The molecule has 1 heterocycles. The number of amides is 1. The lowest BCUT2D eigenvalue weighted by molar-refractivity contribution is -0.152. The predicted octanol–water partition coefficient (Wildman–Crippen LogP) is 0.370. The topological polar surface area (TPSA) is 87.7 Å². The van der Waals surface area contributed by atoms with Crippen molar-refractivity contribution < 1.29 is 19.4 Å². The van der Waals surface area contributed by atoms with Crippen LogP contribution in [0.3, 0.4) is 0 Å². The van der Waals surface area contributed by atoms with Gasteiger partial charge in [-0.05, 0) is 27.7 Å². The summed E-state index contributed by atoms with van der Waals surface area (Å²) in [5, 5.41) is 15.2. The van der Waals surface area contributed by atoms with Crippen molar-refractivity contribution in [2.45, 2.75) is 45.8 Å². The Kier molecular flexibility index (Phi) is 4.92. The van der Waals surface area contributed by atoms with E-state index in [9.17, 15) is 14.7 Å². The Morgan fingerprint density at radius 2 is 2.00 bits per heavy atom. The molecule has 0 aromatic carbocycles. The van der Waals surface area contributed by atoms with E-state index in [-0.39, 0.29) is 18.4 Å². The van der Waals surface area contributed by atoms with Crippen LogP contribution in [0, 0.1) is 5.41 Å². The third-order valence-corrected chi connectivity index (χ3v) is 3.97. The zero-order valence-corrected chi connectivity index (χ0v) is 12.1. The Morgan fingerprint density at radius 1 is 1.37 bits per heavy atom. The van der Waals surface area contributed by atoms with Gasteiger partial charge in [-0.3, -0.25) is 9.59 Å². The molecule has 1 atom stereocenters. The second-order valence-electron chi connectivity index (χ2n) is 6.00. The van der Waals surface area contributed by atoms with Gasteiger partial charge in [-0.1, -0.05) is 0 Å². The zero-order valence-electron chi connectivity index (χ0n) is 12.1. The van der Waals surface area contributed by atoms with Crippen molar-refractivity contribution >= 4 is 11.9 Å². The SMILES string of the molecule is CC(C)(NC(=O)CC1CNCCO1)C(C)(C)C(=O)O. The number of nitrogens with one attached hydrogen (secondary N) is 2. The van der Waals surface area contributed by atoms with Gasteiger partial charge in [0.05, 0.1) is 24.5 Å². The lowest BCUT2D eigenvalue weighted by atomic mass is 9.74. The van der Waals surface area contributed by atoms with Gasteiger partial charge in [0.15, 0.2) is 0 Å². The zero-order chi connectivity index (χ0) is 14.7. The van der Waals surface area contributed by atoms with Crippen LogP contribution in [-0.2, 0) is 14.3 Å². The fraction of sp³-hybridized carbons (Fsp3) is 0.846. The first-order chi connectivity index (χ1) is 8.67. The number of carbonyl (C=O) groups is 2. The van der Waals surface area contributed by atoms with Crippen LogP contribution in [-0.4, -0.2) is 48.3 Å². The van der Waals surface area contributed by atoms with Gasteiger partial charge in [0, 0.05) is 18.6 Å². The largest absolute Gasteiger partial charge is 0.481 e. The molecule has 1 fully saturated rings. The third kappa shape index (κ3) is 3.91. The van der Waals surface area contributed by atoms with Crippen LogP contribution in [0.5, 0.6) is 0 Å². The second kappa shape index (κ2) is 5.88. The standard InChI is InChI=1S/C13H24N2O4/c1-12(2,11(17)18)13(3,4)15-10(16)7-9-8-14-5-6-19-9/h9,14H,5-8H2,1-4H3,(H,15,16)(H,17,18). The van der Waals surface area contributed by atoms with Gasteiger partial charge < -0.3 is 20.5 Å². The van der Waals surface area contributed by atoms with E-state index in [0.29, 0.717) is 13.2 Å².